The predicted octanol–water partition coefficient (Wildman–Crippen LogP) is 0.0992. The number of nitrogens with zero attached hydrogens (tertiary/aromatic N) is 2. The van der Waals surface area contributed by atoms with Gasteiger partial charge in [0.2, 0.25) is 11.8 Å². The van der Waals surface area contributed by atoms with E-state index in [1.165, 1.54) is 11.8 Å². The SMILES string of the molecule is C[C@H](NC(=O)[C@@H]1CCCCN1C(=O)[C@@H]1CCCN1C(=O)O)C(=O)O. The van der Waals surface area contributed by atoms with Gasteiger partial charge in [-0.25, -0.2) is 4.79 Å². The van der Waals surface area contributed by atoms with Crippen LogP contribution < -0.4 is 5.32 Å². The monoisotopic (exact) mass is 341 g/mol. The summed E-state index contributed by atoms with van der Waals surface area (Å²) in [5, 5.41) is 20.5. The fraction of sp³-hybridized carbons (Fsp3) is 0.733. The van der Waals surface area contributed by atoms with Gasteiger partial charge in [-0.15, -0.1) is 0 Å². The highest BCUT2D eigenvalue weighted by atomic mass is 16.4. The number of carbonyl (C=O) groups is 4. The van der Waals surface area contributed by atoms with Crippen LogP contribution in [0.3, 0.4) is 0 Å². The largest absolute Gasteiger partial charge is 0.480 e. The Morgan fingerprint density at radius 1 is 0.958 bits per heavy atom. The molecule has 0 unspecified atom stereocenters. The second-order valence-electron chi connectivity index (χ2n) is 6.25. The van der Waals surface area contributed by atoms with E-state index in [0.29, 0.717) is 32.4 Å². The van der Waals surface area contributed by atoms with Gasteiger partial charge in [0, 0.05) is 13.1 Å². The van der Waals surface area contributed by atoms with Gasteiger partial charge in [0.25, 0.3) is 0 Å². The maximum atomic E-state index is 12.8. The van der Waals surface area contributed by atoms with Crippen molar-refractivity contribution in [2.45, 2.75) is 57.2 Å². The van der Waals surface area contributed by atoms with Crippen molar-refractivity contribution in [2.24, 2.45) is 0 Å². The maximum absolute atomic E-state index is 12.8. The summed E-state index contributed by atoms with van der Waals surface area (Å²) in [7, 11) is 0. The van der Waals surface area contributed by atoms with E-state index in [2.05, 4.69) is 5.32 Å². The van der Waals surface area contributed by atoms with Crippen molar-refractivity contribution < 1.29 is 29.4 Å². The van der Waals surface area contributed by atoms with Gasteiger partial charge in [-0.05, 0) is 39.0 Å². The quantitative estimate of drug-likeness (QED) is 0.665. The highest BCUT2D eigenvalue weighted by Crippen LogP contribution is 2.24. The maximum Gasteiger partial charge on any atom is 0.407 e. The first-order chi connectivity index (χ1) is 11.3. The summed E-state index contributed by atoms with van der Waals surface area (Å²) < 4.78 is 0. The van der Waals surface area contributed by atoms with E-state index >= 15 is 0 Å². The van der Waals surface area contributed by atoms with Gasteiger partial charge in [0.1, 0.15) is 18.1 Å². The predicted molar refractivity (Wildman–Crippen MR) is 82.3 cm³/mol. The van der Waals surface area contributed by atoms with Crippen molar-refractivity contribution >= 4 is 23.9 Å². The van der Waals surface area contributed by atoms with Crippen LogP contribution in [0.25, 0.3) is 0 Å². The summed E-state index contributed by atoms with van der Waals surface area (Å²) in [6.07, 6.45) is 1.87. The molecule has 0 aliphatic carbocycles. The van der Waals surface area contributed by atoms with Crippen molar-refractivity contribution in [3.05, 3.63) is 0 Å². The Morgan fingerprint density at radius 3 is 2.21 bits per heavy atom. The molecule has 0 spiro atoms. The Bertz CT molecular complexity index is 537. The molecule has 2 rings (SSSR count). The topological polar surface area (TPSA) is 127 Å². The minimum absolute atomic E-state index is 0.312. The standard InChI is InChI=1S/C15H23N3O6/c1-9(14(21)22)16-12(19)10-5-2-3-7-17(10)13(20)11-6-4-8-18(11)15(23)24/h9-11H,2-8H2,1H3,(H,16,19)(H,21,22)(H,23,24)/t9-,10-,11-/m0/s1. The molecule has 2 heterocycles. The number of carboxylic acid groups (broad SMARTS) is 2. The molecule has 3 atom stereocenters. The lowest BCUT2D eigenvalue weighted by atomic mass is 9.99. The fourth-order valence-electron chi connectivity index (χ4n) is 3.28. The van der Waals surface area contributed by atoms with Gasteiger partial charge < -0.3 is 20.4 Å². The Morgan fingerprint density at radius 2 is 1.58 bits per heavy atom. The molecule has 3 amide bonds. The summed E-state index contributed by atoms with van der Waals surface area (Å²) in [6.45, 7) is 2.05. The molecule has 134 valence electrons. The summed E-state index contributed by atoms with van der Waals surface area (Å²) in [4.78, 5) is 49.8. The number of hydrogen-bond acceptors (Lipinski definition) is 4. The normalized spacial score (nSPS) is 25.2. The summed E-state index contributed by atoms with van der Waals surface area (Å²) in [5.74, 6) is -2.01. The molecule has 0 radical (unpaired) electrons. The molecule has 0 saturated carbocycles. The van der Waals surface area contributed by atoms with Gasteiger partial charge in [0.05, 0.1) is 0 Å². The van der Waals surface area contributed by atoms with Gasteiger partial charge in [0.15, 0.2) is 0 Å². The molecule has 3 N–H and O–H groups in total. The van der Waals surface area contributed by atoms with Crippen molar-refractivity contribution in [1.82, 2.24) is 15.1 Å². The minimum Gasteiger partial charge on any atom is -0.480 e. The Hall–Kier alpha value is -2.32. The molecule has 0 aromatic carbocycles. The van der Waals surface area contributed by atoms with Crippen molar-refractivity contribution in [1.29, 1.82) is 0 Å². The smallest absolute Gasteiger partial charge is 0.407 e. The molecule has 0 aromatic heterocycles. The van der Waals surface area contributed by atoms with Crippen molar-refractivity contribution in [2.75, 3.05) is 13.1 Å². The van der Waals surface area contributed by atoms with Crippen LogP contribution in [0.5, 0.6) is 0 Å². The summed E-state index contributed by atoms with van der Waals surface area (Å²) >= 11 is 0. The molecule has 9 heteroatoms. The molecule has 2 fully saturated rings. The molecule has 2 saturated heterocycles. The number of carbonyl (C=O) groups excluding carboxylic acids is 2. The minimum atomic E-state index is -1.15. The molecule has 0 aromatic rings. The summed E-state index contributed by atoms with van der Waals surface area (Å²) in [6, 6.07) is -2.55. The van der Waals surface area contributed by atoms with E-state index in [-0.39, 0.29) is 5.91 Å². The van der Waals surface area contributed by atoms with E-state index in [1.807, 2.05) is 0 Å². The molecule has 9 nitrogen and oxygen atoms in total. The first-order valence-corrected chi connectivity index (χ1v) is 8.16. The lowest BCUT2D eigenvalue weighted by molar-refractivity contribution is -0.147. The van der Waals surface area contributed by atoms with E-state index in [9.17, 15) is 24.3 Å². The molecule has 0 bridgehead atoms. The third kappa shape index (κ3) is 3.77. The van der Waals surface area contributed by atoms with E-state index in [4.69, 9.17) is 5.11 Å². The first kappa shape index (κ1) is 18.0. The van der Waals surface area contributed by atoms with Gasteiger partial charge >= 0.3 is 12.1 Å². The zero-order chi connectivity index (χ0) is 17.9. The first-order valence-electron chi connectivity index (χ1n) is 8.16. The van der Waals surface area contributed by atoms with Crippen LogP contribution >= 0.6 is 0 Å². The Kier molecular flexibility index (Phi) is 5.63. The van der Waals surface area contributed by atoms with Crippen molar-refractivity contribution in [3.8, 4) is 0 Å². The second kappa shape index (κ2) is 7.50. The highest BCUT2D eigenvalue weighted by Gasteiger charge is 2.41. The zero-order valence-corrected chi connectivity index (χ0v) is 13.6. The Labute approximate surface area is 139 Å². The third-order valence-corrected chi connectivity index (χ3v) is 4.60. The second-order valence-corrected chi connectivity index (χ2v) is 6.25. The molecular weight excluding hydrogens is 318 g/mol. The molecule has 24 heavy (non-hydrogen) atoms. The number of aliphatic carboxylic acids is 1. The number of nitrogens with one attached hydrogen (secondary N) is 1. The van der Waals surface area contributed by atoms with Crippen LogP contribution in [-0.2, 0) is 14.4 Å². The number of likely N-dealkylation sites (tertiary alicyclic amines) is 2. The van der Waals surface area contributed by atoms with Crippen molar-refractivity contribution in [3.63, 3.8) is 0 Å². The Balaban J connectivity index is 2.10. The number of rotatable bonds is 4. The number of piperidine rings is 1. The van der Waals surface area contributed by atoms with Crippen LogP contribution in [0, 0.1) is 0 Å². The molecule has 2 aliphatic heterocycles. The van der Waals surface area contributed by atoms with Crippen LogP contribution in [-0.4, -0.2) is 75.1 Å². The highest BCUT2D eigenvalue weighted by molar-refractivity contribution is 5.93. The average molecular weight is 341 g/mol. The van der Waals surface area contributed by atoms with E-state index in [0.717, 1.165) is 17.7 Å². The molecule has 2 aliphatic rings. The van der Waals surface area contributed by atoms with Gasteiger partial charge in [-0.3, -0.25) is 19.3 Å². The lowest BCUT2D eigenvalue weighted by Crippen LogP contribution is -2.58. The van der Waals surface area contributed by atoms with Crippen LogP contribution in [0.2, 0.25) is 0 Å². The number of carboxylic acids is 1. The van der Waals surface area contributed by atoms with Gasteiger partial charge in [-0.1, -0.05) is 0 Å². The summed E-state index contributed by atoms with van der Waals surface area (Å²) in [5.41, 5.74) is 0. The van der Waals surface area contributed by atoms with Crippen LogP contribution in [0.1, 0.15) is 39.0 Å². The number of amides is 3. The zero-order valence-electron chi connectivity index (χ0n) is 13.6. The number of hydrogen-bond donors (Lipinski definition) is 3. The van der Waals surface area contributed by atoms with Crippen LogP contribution in [0.4, 0.5) is 4.79 Å². The molecular formula is C15H23N3O6. The lowest BCUT2D eigenvalue weighted by Gasteiger charge is -2.37. The van der Waals surface area contributed by atoms with Crippen LogP contribution in [0.15, 0.2) is 0 Å². The third-order valence-electron chi connectivity index (χ3n) is 4.60. The van der Waals surface area contributed by atoms with Gasteiger partial charge in [-0.2, -0.15) is 0 Å². The average Bonchev–Trinajstić information content (AvgIpc) is 3.03. The fourth-order valence-corrected chi connectivity index (χ4v) is 3.28. The van der Waals surface area contributed by atoms with E-state index < -0.39 is 36.1 Å². The van der Waals surface area contributed by atoms with E-state index in [1.54, 1.807) is 0 Å².